The van der Waals surface area contributed by atoms with Gasteiger partial charge >= 0.3 is 0 Å². The summed E-state index contributed by atoms with van der Waals surface area (Å²) >= 11 is 1.62. The highest BCUT2D eigenvalue weighted by atomic mass is 32.2. The number of carbonyl (C=O) groups excluding carboxylic acids is 1. The first-order valence-electron chi connectivity index (χ1n) is 6.56. The lowest BCUT2D eigenvalue weighted by Crippen LogP contribution is -2.12. The van der Waals surface area contributed by atoms with Crippen molar-refractivity contribution in [1.29, 1.82) is 0 Å². The molecule has 0 saturated heterocycles. The molecule has 5 heteroatoms. The summed E-state index contributed by atoms with van der Waals surface area (Å²) in [6.45, 7) is 1.48. The maximum absolute atomic E-state index is 12.9. The van der Waals surface area contributed by atoms with E-state index in [9.17, 15) is 9.18 Å². The highest BCUT2D eigenvalue weighted by Crippen LogP contribution is 2.24. The molecule has 0 spiro atoms. The molecule has 2 aromatic rings. The Hall–Kier alpha value is -1.85. The third-order valence-electron chi connectivity index (χ3n) is 2.90. The van der Waals surface area contributed by atoms with Crippen molar-refractivity contribution in [2.75, 3.05) is 11.1 Å². The average molecular weight is 304 g/mol. The molecule has 0 aliphatic carbocycles. The second kappa shape index (κ2) is 7.24. The second-order valence-corrected chi connectivity index (χ2v) is 5.77. The fourth-order valence-electron chi connectivity index (χ4n) is 1.83. The molecule has 3 N–H and O–H groups in total. The Morgan fingerprint density at radius 3 is 2.38 bits per heavy atom. The van der Waals surface area contributed by atoms with Crippen molar-refractivity contribution in [2.45, 2.75) is 17.9 Å². The largest absolute Gasteiger partial charge is 0.326 e. The van der Waals surface area contributed by atoms with Crippen molar-refractivity contribution in [3.05, 3.63) is 59.9 Å². The van der Waals surface area contributed by atoms with Crippen LogP contribution in [0, 0.1) is 5.82 Å². The van der Waals surface area contributed by atoms with Gasteiger partial charge in [-0.2, -0.15) is 0 Å². The summed E-state index contributed by atoms with van der Waals surface area (Å²) in [6.07, 6.45) is 0. The van der Waals surface area contributed by atoms with E-state index in [-0.39, 0.29) is 17.8 Å². The van der Waals surface area contributed by atoms with Crippen molar-refractivity contribution in [3.8, 4) is 0 Å². The zero-order valence-corrected chi connectivity index (χ0v) is 12.5. The molecule has 2 rings (SSSR count). The van der Waals surface area contributed by atoms with Crippen molar-refractivity contribution in [1.82, 2.24) is 0 Å². The van der Waals surface area contributed by atoms with E-state index in [1.165, 1.54) is 19.1 Å². The summed E-state index contributed by atoms with van der Waals surface area (Å²) < 4.78 is 12.9. The van der Waals surface area contributed by atoms with Crippen LogP contribution < -0.4 is 11.1 Å². The van der Waals surface area contributed by atoms with Crippen molar-refractivity contribution >= 4 is 23.4 Å². The number of benzene rings is 2. The van der Waals surface area contributed by atoms with Crippen LogP contribution in [0.5, 0.6) is 0 Å². The summed E-state index contributed by atoms with van der Waals surface area (Å²) in [5.41, 5.74) is 7.78. The molecule has 0 radical (unpaired) electrons. The number of hydrogen-bond acceptors (Lipinski definition) is 3. The summed E-state index contributed by atoms with van der Waals surface area (Å²) in [7, 11) is 0. The lowest BCUT2D eigenvalue weighted by Gasteiger charge is -2.12. The first-order valence-corrected chi connectivity index (χ1v) is 7.54. The monoisotopic (exact) mass is 304 g/mol. The number of hydrogen-bond donors (Lipinski definition) is 2. The second-order valence-electron chi connectivity index (χ2n) is 4.67. The lowest BCUT2D eigenvalue weighted by atomic mass is 10.1. The maximum Gasteiger partial charge on any atom is 0.221 e. The fraction of sp³-hybridized carbons (Fsp3) is 0.188. The maximum atomic E-state index is 12.9. The van der Waals surface area contributed by atoms with E-state index in [1.807, 2.05) is 24.3 Å². The average Bonchev–Trinajstić information content (AvgIpc) is 2.46. The Balaban J connectivity index is 1.90. The van der Waals surface area contributed by atoms with Crippen LogP contribution in [-0.4, -0.2) is 11.7 Å². The van der Waals surface area contributed by atoms with Gasteiger partial charge in [-0.25, -0.2) is 4.39 Å². The Morgan fingerprint density at radius 1 is 1.19 bits per heavy atom. The summed E-state index contributed by atoms with van der Waals surface area (Å²) in [4.78, 5) is 12.0. The smallest absolute Gasteiger partial charge is 0.221 e. The van der Waals surface area contributed by atoms with Gasteiger partial charge in [0, 0.05) is 29.3 Å². The summed E-state index contributed by atoms with van der Waals surface area (Å²) in [5, 5.41) is 2.72. The first kappa shape index (κ1) is 15.5. The molecular formula is C16H17FN2OS. The van der Waals surface area contributed by atoms with Gasteiger partial charge in [-0.15, -0.1) is 11.8 Å². The molecule has 0 saturated carbocycles. The first-order chi connectivity index (χ1) is 10.0. The predicted octanol–water partition coefficient (Wildman–Crippen LogP) is 3.58. The van der Waals surface area contributed by atoms with Gasteiger partial charge in [0.2, 0.25) is 5.91 Å². The standard InChI is InChI=1S/C16H17FN2OS/c1-11(20)19-14-6-8-15(9-7-14)21-10-16(18)12-2-4-13(17)5-3-12/h2-9,16H,10,18H2,1H3,(H,19,20). The van der Waals surface area contributed by atoms with Gasteiger partial charge in [-0.1, -0.05) is 12.1 Å². The summed E-state index contributed by atoms with van der Waals surface area (Å²) in [6, 6.07) is 13.7. The van der Waals surface area contributed by atoms with Crippen molar-refractivity contribution in [2.24, 2.45) is 5.73 Å². The van der Waals surface area contributed by atoms with E-state index >= 15 is 0 Å². The number of halogens is 1. The number of nitrogens with one attached hydrogen (secondary N) is 1. The minimum absolute atomic E-state index is 0.0891. The van der Waals surface area contributed by atoms with Crippen molar-refractivity contribution in [3.63, 3.8) is 0 Å². The van der Waals surface area contributed by atoms with Crippen LogP contribution in [0.15, 0.2) is 53.4 Å². The van der Waals surface area contributed by atoms with Crippen LogP contribution in [0.1, 0.15) is 18.5 Å². The molecular weight excluding hydrogens is 287 g/mol. The quantitative estimate of drug-likeness (QED) is 0.830. The Bertz CT molecular complexity index is 599. The third kappa shape index (κ3) is 4.88. The SMILES string of the molecule is CC(=O)Nc1ccc(SCC(N)c2ccc(F)cc2)cc1. The van der Waals surface area contributed by atoms with E-state index in [0.717, 1.165) is 16.1 Å². The normalized spacial score (nSPS) is 12.0. The van der Waals surface area contributed by atoms with E-state index in [0.29, 0.717) is 5.75 Å². The highest BCUT2D eigenvalue weighted by Gasteiger charge is 2.07. The molecule has 1 unspecified atom stereocenters. The molecule has 0 aliphatic rings. The molecule has 0 aliphatic heterocycles. The van der Waals surface area contributed by atoms with Gasteiger partial charge < -0.3 is 11.1 Å². The van der Waals surface area contributed by atoms with E-state index < -0.39 is 0 Å². The van der Waals surface area contributed by atoms with E-state index in [4.69, 9.17) is 5.73 Å². The molecule has 1 amide bonds. The Morgan fingerprint density at radius 2 is 1.81 bits per heavy atom. The number of thioether (sulfide) groups is 1. The van der Waals surface area contributed by atoms with Gasteiger partial charge in [-0.3, -0.25) is 4.79 Å². The zero-order valence-electron chi connectivity index (χ0n) is 11.7. The number of carbonyl (C=O) groups is 1. The number of rotatable bonds is 5. The minimum Gasteiger partial charge on any atom is -0.326 e. The number of anilines is 1. The van der Waals surface area contributed by atoms with Crippen LogP contribution in [0.3, 0.4) is 0 Å². The van der Waals surface area contributed by atoms with Crippen LogP contribution in [0.4, 0.5) is 10.1 Å². The summed E-state index contributed by atoms with van der Waals surface area (Å²) in [5.74, 6) is 0.353. The van der Waals surface area contributed by atoms with Crippen LogP contribution in [0.2, 0.25) is 0 Å². The van der Waals surface area contributed by atoms with Crippen molar-refractivity contribution < 1.29 is 9.18 Å². The molecule has 0 aromatic heterocycles. The Kier molecular flexibility index (Phi) is 5.36. The molecule has 21 heavy (non-hydrogen) atoms. The van der Waals surface area contributed by atoms with Gasteiger partial charge in [0.15, 0.2) is 0 Å². The zero-order chi connectivity index (χ0) is 15.2. The lowest BCUT2D eigenvalue weighted by molar-refractivity contribution is -0.114. The fourth-order valence-corrected chi connectivity index (χ4v) is 2.72. The molecule has 0 bridgehead atoms. The molecule has 3 nitrogen and oxygen atoms in total. The van der Waals surface area contributed by atoms with Crippen LogP contribution in [-0.2, 0) is 4.79 Å². The number of nitrogens with two attached hydrogens (primary N) is 1. The van der Waals surface area contributed by atoms with Crippen LogP contribution in [0.25, 0.3) is 0 Å². The third-order valence-corrected chi connectivity index (χ3v) is 4.03. The topological polar surface area (TPSA) is 55.1 Å². The Labute approximate surface area is 127 Å². The van der Waals surface area contributed by atoms with Gasteiger partial charge in [-0.05, 0) is 42.0 Å². The molecule has 110 valence electrons. The molecule has 1 atom stereocenters. The minimum atomic E-state index is -0.257. The molecule has 2 aromatic carbocycles. The van der Waals surface area contributed by atoms with Gasteiger partial charge in [0.25, 0.3) is 0 Å². The molecule has 0 fully saturated rings. The van der Waals surface area contributed by atoms with E-state index in [1.54, 1.807) is 23.9 Å². The van der Waals surface area contributed by atoms with Gasteiger partial charge in [0.1, 0.15) is 5.82 Å². The van der Waals surface area contributed by atoms with Gasteiger partial charge in [0.05, 0.1) is 0 Å². The predicted molar refractivity (Wildman–Crippen MR) is 84.8 cm³/mol. The molecule has 0 heterocycles. The van der Waals surface area contributed by atoms with Crippen LogP contribution >= 0.6 is 11.8 Å². The number of amides is 1. The van der Waals surface area contributed by atoms with E-state index in [2.05, 4.69) is 5.32 Å². The highest BCUT2D eigenvalue weighted by molar-refractivity contribution is 7.99.